The number of ketones is 1. The maximum Gasteiger partial charge on any atom is 0.310 e. The number of esters is 2. The summed E-state index contributed by atoms with van der Waals surface area (Å²) >= 11 is 0. The molecule has 2 saturated carbocycles. The lowest BCUT2D eigenvalue weighted by Crippen LogP contribution is -2.43. The van der Waals surface area contributed by atoms with E-state index < -0.39 is 23.8 Å². The number of carbonyl (C=O) groups is 3. The Labute approximate surface area is 141 Å². The lowest BCUT2D eigenvalue weighted by atomic mass is 9.65. The first-order valence-electron chi connectivity index (χ1n) is 8.57. The van der Waals surface area contributed by atoms with E-state index in [0.717, 1.165) is 17.6 Å². The molecule has 7 atom stereocenters. The molecule has 2 bridgehead atoms. The molecule has 4 rings (SSSR count). The number of fused-ring (bicyclic) bond motifs is 7. The van der Waals surface area contributed by atoms with Gasteiger partial charge >= 0.3 is 11.9 Å². The summed E-state index contributed by atoms with van der Waals surface area (Å²) < 4.78 is 9.97. The number of carbonyl (C=O) groups excluding carboxylic acids is 3. The molecular formula is C19H22O5. The third kappa shape index (κ3) is 1.84. The highest BCUT2D eigenvalue weighted by Gasteiger charge is 2.63. The standard InChI is InChI=1S/C19H22O5/c1-8-6-11(18(21)23-2)15(19(22)24-3)16-12(8)17(20)14-10-5-4-9(7-10)13(14)16/h4-5,9-11,13-16H,6-7H2,1-3H3/t9-,10+,11+,13+,14-,15-,16+/m1/s1. The van der Waals surface area contributed by atoms with Gasteiger partial charge in [-0.1, -0.05) is 17.7 Å². The van der Waals surface area contributed by atoms with Gasteiger partial charge in [-0.25, -0.2) is 0 Å². The molecule has 0 unspecified atom stereocenters. The monoisotopic (exact) mass is 330 g/mol. The number of allylic oxidation sites excluding steroid dienone is 4. The molecule has 5 heteroatoms. The normalized spacial score (nSPS) is 42.1. The van der Waals surface area contributed by atoms with E-state index in [9.17, 15) is 14.4 Å². The molecule has 0 N–H and O–H groups in total. The maximum absolute atomic E-state index is 13.1. The Balaban J connectivity index is 1.84. The van der Waals surface area contributed by atoms with Gasteiger partial charge in [-0.05, 0) is 43.1 Å². The molecule has 5 nitrogen and oxygen atoms in total. The van der Waals surface area contributed by atoms with Gasteiger partial charge in [0, 0.05) is 11.8 Å². The minimum atomic E-state index is -0.618. The topological polar surface area (TPSA) is 69.7 Å². The lowest BCUT2D eigenvalue weighted by Gasteiger charge is -2.37. The summed E-state index contributed by atoms with van der Waals surface area (Å²) in [6.07, 6.45) is 5.72. The second-order valence-electron chi connectivity index (χ2n) is 7.52. The van der Waals surface area contributed by atoms with Crippen LogP contribution >= 0.6 is 0 Å². The average molecular weight is 330 g/mol. The largest absolute Gasteiger partial charge is 0.469 e. The summed E-state index contributed by atoms with van der Waals surface area (Å²) in [5.41, 5.74) is 1.73. The highest BCUT2D eigenvalue weighted by Crippen LogP contribution is 2.62. The van der Waals surface area contributed by atoms with E-state index in [2.05, 4.69) is 12.2 Å². The van der Waals surface area contributed by atoms with Crippen LogP contribution in [0, 0.1) is 41.4 Å². The smallest absolute Gasteiger partial charge is 0.310 e. The number of ether oxygens (including phenoxy) is 2. The van der Waals surface area contributed by atoms with Crippen molar-refractivity contribution < 1.29 is 23.9 Å². The Morgan fingerprint density at radius 1 is 1.04 bits per heavy atom. The molecule has 0 spiro atoms. The van der Waals surface area contributed by atoms with Crippen molar-refractivity contribution in [3.8, 4) is 0 Å². The lowest BCUT2D eigenvalue weighted by molar-refractivity contribution is -0.160. The third-order valence-corrected chi connectivity index (χ3v) is 6.62. The Morgan fingerprint density at radius 3 is 2.38 bits per heavy atom. The molecule has 0 aliphatic heterocycles. The van der Waals surface area contributed by atoms with Crippen molar-refractivity contribution in [2.45, 2.75) is 19.8 Å². The summed E-state index contributed by atoms with van der Waals surface area (Å²) in [5.74, 6) is -1.30. The number of rotatable bonds is 2. The Hall–Kier alpha value is -1.91. The molecule has 0 aromatic heterocycles. The minimum absolute atomic E-state index is 0.0292. The molecule has 0 radical (unpaired) electrons. The average Bonchev–Trinajstić information content (AvgIpc) is 3.26. The quantitative estimate of drug-likeness (QED) is 0.571. The second kappa shape index (κ2) is 5.30. The fourth-order valence-electron chi connectivity index (χ4n) is 5.81. The second-order valence-corrected chi connectivity index (χ2v) is 7.52. The zero-order valence-electron chi connectivity index (χ0n) is 14.2. The predicted molar refractivity (Wildman–Crippen MR) is 84.5 cm³/mol. The molecule has 0 saturated heterocycles. The number of hydrogen-bond donors (Lipinski definition) is 0. The molecular weight excluding hydrogens is 308 g/mol. The van der Waals surface area contributed by atoms with Crippen LogP contribution in [0.3, 0.4) is 0 Å². The van der Waals surface area contributed by atoms with Crippen LogP contribution in [0.15, 0.2) is 23.3 Å². The van der Waals surface area contributed by atoms with Crippen molar-refractivity contribution >= 4 is 17.7 Å². The zero-order chi connectivity index (χ0) is 17.2. The van der Waals surface area contributed by atoms with Crippen molar-refractivity contribution in [1.82, 2.24) is 0 Å². The Bertz CT molecular complexity index is 688. The van der Waals surface area contributed by atoms with Crippen LogP contribution in [0.2, 0.25) is 0 Å². The molecule has 4 aliphatic rings. The summed E-state index contributed by atoms with van der Waals surface area (Å²) in [6.45, 7) is 1.92. The van der Waals surface area contributed by atoms with Crippen molar-refractivity contribution in [1.29, 1.82) is 0 Å². The van der Waals surface area contributed by atoms with Gasteiger partial charge in [0.1, 0.15) is 0 Å². The van der Waals surface area contributed by atoms with E-state index in [1.54, 1.807) is 0 Å². The van der Waals surface area contributed by atoms with E-state index in [1.165, 1.54) is 14.2 Å². The molecule has 0 heterocycles. The van der Waals surface area contributed by atoms with Gasteiger partial charge in [0.05, 0.1) is 26.1 Å². The fraction of sp³-hybridized carbons (Fsp3) is 0.632. The van der Waals surface area contributed by atoms with Gasteiger partial charge in [0.15, 0.2) is 5.78 Å². The van der Waals surface area contributed by atoms with Gasteiger partial charge in [0.2, 0.25) is 0 Å². The van der Waals surface area contributed by atoms with Gasteiger partial charge in [-0.15, -0.1) is 0 Å². The number of Topliss-reactive ketones (excluding diaryl/α,β-unsaturated/α-hetero) is 1. The van der Waals surface area contributed by atoms with E-state index in [4.69, 9.17) is 9.47 Å². The molecule has 128 valence electrons. The van der Waals surface area contributed by atoms with Crippen LogP contribution in [0.4, 0.5) is 0 Å². The van der Waals surface area contributed by atoms with Crippen LogP contribution in [0.5, 0.6) is 0 Å². The van der Waals surface area contributed by atoms with Gasteiger partial charge in [-0.3, -0.25) is 14.4 Å². The van der Waals surface area contributed by atoms with Crippen LogP contribution in [-0.2, 0) is 23.9 Å². The molecule has 0 aromatic rings. The van der Waals surface area contributed by atoms with E-state index in [1.807, 2.05) is 6.92 Å². The molecule has 0 aromatic carbocycles. The highest BCUT2D eigenvalue weighted by molar-refractivity contribution is 6.03. The van der Waals surface area contributed by atoms with E-state index in [-0.39, 0.29) is 29.5 Å². The van der Waals surface area contributed by atoms with Crippen LogP contribution in [0.25, 0.3) is 0 Å². The first kappa shape index (κ1) is 15.6. The van der Waals surface area contributed by atoms with Crippen molar-refractivity contribution in [3.63, 3.8) is 0 Å². The number of hydrogen-bond acceptors (Lipinski definition) is 5. The highest BCUT2D eigenvalue weighted by atomic mass is 16.5. The van der Waals surface area contributed by atoms with E-state index >= 15 is 0 Å². The first-order chi connectivity index (χ1) is 11.5. The van der Waals surface area contributed by atoms with E-state index in [0.29, 0.717) is 12.3 Å². The van der Waals surface area contributed by atoms with Gasteiger partial charge in [0.25, 0.3) is 0 Å². The molecule has 2 fully saturated rings. The maximum atomic E-state index is 13.1. The van der Waals surface area contributed by atoms with Crippen molar-refractivity contribution in [2.75, 3.05) is 14.2 Å². The summed E-state index contributed by atoms with van der Waals surface area (Å²) in [5, 5.41) is 0. The predicted octanol–water partition coefficient (Wildman–Crippen LogP) is 1.92. The van der Waals surface area contributed by atoms with Gasteiger partial charge < -0.3 is 9.47 Å². The Kier molecular flexibility index (Phi) is 3.44. The Morgan fingerprint density at radius 2 is 1.71 bits per heavy atom. The molecule has 0 amide bonds. The summed E-state index contributed by atoms with van der Waals surface area (Å²) in [4.78, 5) is 37.9. The van der Waals surface area contributed by atoms with Crippen molar-refractivity contribution in [2.24, 2.45) is 41.4 Å². The van der Waals surface area contributed by atoms with Crippen LogP contribution < -0.4 is 0 Å². The van der Waals surface area contributed by atoms with Crippen molar-refractivity contribution in [3.05, 3.63) is 23.3 Å². The molecule has 4 aliphatic carbocycles. The SMILES string of the molecule is COC(=O)[C@H]1[C@H]2C(=C(C)C[C@@H]1C(=O)OC)C(=O)[C@H]1[C@@H]2[C@@H]2C=C[C@H]1C2. The summed E-state index contributed by atoms with van der Waals surface area (Å²) in [6, 6.07) is 0. The number of methoxy groups -OCH3 is 2. The first-order valence-corrected chi connectivity index (χ1v) is 8.57. The summed E-state index contributed by atoms with van der Waals surface area (Å²) in [7, 11) is 2.69. The third-order valence-electron chi connectivity index (χ3n) is 6.62. The fourth-order valence-corrected chi connectivity index (χ4v) is 5.81. The van der Waals surface area contributed by atoms with Crippen LogP contribution in [-0.4, -0.2) is 31.9 Å². The molecule has 24 heavy (non-hydrogen) atoms. The minimum Gasteiger partial charge on any atom is -0.469 e. The van der Waals surface area contributed by atoms with Crippen LogP contribution in [0.1, 0.15) is 19.8 Å². The zero-order valence-corrected chi connectivity index (χ0v) is 14.2. The van der Waals surface area contributed by atoms with Gasteiger partial charge in [-0.2, -0.15) is 0 Å².